The topological polar surface area (TPSA) is 48.0 Å². The van der Waals surface area contributed by atoms with Crippen LogP contribution in [0.4, 0.5) is 0 Å². The van der Waals surface area contributed by atoms with Crippen LogP contribution in [0.15, 0.2) is 36.4 Å². The van der Waals surface area contributed by atoms with E-state index >= 15 is 0 Å². The van der Waals surface area contributed by atoms with Gasteiger partial charge >= 0.3 is 0 Å². The number of hydrogen-bond donors (Lipinski definition) is 0. The maximum absolute atomic E-state index is 13.6. The monoisotopic (exact) mass is 451 g/mol. The molecule has 0 aliphatic heterocycles. The number of rotatable bonds is 8. The Balaban J connectivity index is 1.53. The van der Waals surface area contributed by atoms with Gasteiger partial charge in [-0.3, -0.25) is 4.79 Å². The SMILES string of the molecule is COc1cc(OC)c(OC)cc1Cc1ccc(C(=O)N(C2CCCCC2)C2CCCC2)cc1. The first-order valence-corrected chi connectivity index (χ1v) is 12.3. The predicted molar refractivity (Wildman–Crippen MR) is 131 cm³/mol. The molecule has 178 valence electrons. The van der Waals surface area contributed by atoms with E-state index in [0.717, 1.165) is 48.1 Å². The molecule has 0 unspecified atom stereocenters. The molecule has 0 spiro atoms. The normalized spacial score (nSPS) is 17.1. The van der Waals surface area contributed by atoms with E-state index in [1.165, 1.54) is 32.1 Å². The van der Waals surface area contributed by atoms with Gasteiger partial charge in [-0.05, 0) is 49.4 Å². The van der Waals surface area contributed by atoms with E-state index < -0.39 is 0 Å². The molecule has 2 saturated carbocycles. The fraction of sp³-hybridized carbons (Fsp3) is 0.536. The Morgan fingerprint density at radius 2 is 1.27 bits per heavy atom. The number of hydrogen-bond acceptors (Lipinski definition) is 4. The molecule has 5 heteroatoms. The van der Waals surface area contributed by atoms with Gasteiger partial charge in [-0.25, -0.2) is 0 Å². The Labute approximate surface area is 198 Å². The lowest BCUT2D eigenvalue weighted by atomic mass is 9.92. The van der Waals surface area contributed by atoms with Crippen LogP contribution in [0, 0.1) is 0 Å². The lowest BCUT2D eigenvalue weighted by Gasteiger charge is -2.39. The summed E-state index contributed by atoms with van der Waals surface area (Å²) in [5.74, 6) is 2.30. The molecule has 4 rings (SSSR count). The molecule has 0 radical (unpaired) electrons. The molecule has 0 atom stereocenters. The number of methoxy groups -OCH3 is 3. The number of carbonyl (C=O) groups excluding carboxylic acids is 1. The minimum atomic E-state index is 0.212. The summed E-state index contributed by atoms with van der Waals surface area (Å²) in [5, 5.41) is 0. The van der Waals surface area contributed by atoms with Crippen molar-refractivity contribution in [2.45, 2.75) is 76.3 Å². The van der Waals surface area contributed by atoms with Crippen LogP contribution in [0.1, 0.15) is 79.3 Å². The molecule has 2 aromatic carbocycles. The third-order valence-electron chi connectivity index (χ3n) is 7.30. The molecule has 2 aromatic rings. The van der Waals surface area contributed by atoms with Gasteiger partial charge in [0, 0.05) is 35.7 Å². The summed E-state index contributed by atoms with van der Waals surface area (Å²) in [7, 11) is 4.92. The average molecular weight is 452 g/mol. The zero-order valence-corrected chi connectivity index (χ0v) is 20.3. The lowest BCUT2D eigenvalue weighted by Crippen LogP contribution is -2.47. The predicted octanol–water partition coefficient (Wildman–Crippen LogP) is 6.02. The Kier molecular flexibility index (Phi) is 7.79. The first kappa shape index (κ1) is 23.5. The second-order valence-electron chi connectivity index (χ2n) is 9.34. The smallest absolute Gasteiger partial charge is 0.254 e. The zero-order valence-electron chi connectivity index (χ0n) is 20.3. The van der Waals surface area contributed by atoms with Crippen molar-refractivity contribution in [3.8, 4) is 17.2 Å². The molecule has 2 fully saturated rings. The van der Waals surface area contributed by atoms with Gasteiger partial charge in [0.05, 0.1) is 21.3 Å². The van der Waals surface area contributed by atoms with Crippen LogP contribution in [0.3, 0.4) is 0 Å². The molecule has 33 heavy (non-hydrogen) atoms. The summed E-state index contributed by atoms with van der Waals surface area (Å²) in [6, 6.07) is 12.8. The Hall–Kier alpha value is -2.69. The highest BCUT2D eigenvalue weighted by Gasteiger charge is 2.33. The van der Waals surface area contributed by atoms with Gasteiger partial charge in [-0.1, -0.05) is 44.2 Å². The van der Waals surface area contributed by atoms with E-state index in [0.29, 0.717) is 30.0 Å². The van der Waals surface area contributed by atoms with E-state index in [1.807, 2.05) is 24.3 Å². The maximum atomic E-state index is 13.6. The molecule has 0 heterocycles. The third kappa shape index (κ3) is 5.29. The second-order valence-corrected chi connectivity index (χ2v) is 9.34. The van der Waals surface area contributed by atoms with Crippen molar-refractivity contribution in [1.82, 2.24) is 4.90 Å². The van der Waals surface area contributed by atoms with E-state index in [4.69, 9.17) is 14.2 Å². The molecule has 2 aliphatic rings. The first-order valence-electron chi connectivity index (χ1n) is 12.3. The third-order valence-corrected chi connectivity index (χ3v) is 7.30. The summed E-state index contributed by atoms with van der Waals surface area (Å²) in [6.45, 7) is 0. The van der Waals surface area contributed by atoms with Crippen LogP contribution in [-0.2, 0) is 6.42 Å². The van der Waals surface area contributed by atoms with Crippen molar-refractivity contribution in [2.75, 3.05) is 21.3 Å². The highest BCUT2D eigenvalue weighted by atomic mass is 16.5. The molecule has 0 bridgehead atoms. The average Bonchev–Trinajstić information content (AvgIpc) is 3.39. The molecular weight excluding hydrogens is 414 g/mol. The highest BCUT2D eigenvalue weighted by molar-refractivity contribution is 5.94. The van der Waals surface area contributed by atoms with Crippen molar-refractivity contribution in [1.29, 1.82) is 0 Å². The summed E-state index contributed by atoms with van der Waals surface area (Å²) >= 11 is 0. The van der Waals surface area contributed by atoms with E-state index in [9.17, 15) is 4.79 Å². The summed E-state index contributed by atoms with van der Waals surface area (Å²) in [4.78, 5) is 15.9. The molecule has 0 aromatic heterocycles. The summed E-state index contributed by atoms with van der Waals surface area (Å²) < 4.78 is 16.4. The number of benzene rings is 2. The largest absolute Gasteiger partial charge is 0.496 e. The standard InChI is InChI=1S/C28H37NO4/c1-31-25-19-27(33-3)26(32-2)18-22(25)17-20-13-15-21(16-14-20)28(30)29(24-11-7-8-12-24)23-9-5-4-6-10-23/h13-16,18-19,23-24H,4-12,17H2,1-3H3. The van der Waals surface area contributed by atoms with Crippen molar-refractivity contribution in [2.24, 2.45) is 0 Å². The fourth-order valence-corrected chi connectivity index (χ4v) is 5.54. The molecular formula is C28H37NO4. The van der Waals surface area contributed by atoms with E-state index in [2.05, 4.69) is 17.0 Å². The van der Waals surface area contributed by atoms with Crippen LogP contribution in [0.5, 0.6) is 17.2 Å². The van der Waals surface area contributed by atoms with Crippen LogP contribution < -0.4 is 14.2 Å². The van der Waals surface area contributed by atoms with Gasteiger partial charge < -0.3 is 19.1 Å². The Morgan fingerprint density at radius 3 is 1.82 bits per heavy atom. The summed E-state index contributed by atoms with van der Waals surface area (Å²) in [6.07, 6.45) is 11.6. The minimum Gasteiger partial charge on any atom is -0.496 e. The molecule has 1 amide bonds. The zero-order chi connectivity index (χ0) is 23.2. The molecule has 0 N–H and O–H groups in total. The molecule has 2 aliphatic carbocycles. The second kappa shape index (κ2) is 11.0. The highest BCUT2D eigenvalue weighted by Crippen LogP contribution is 2.36. The quantitative estimate of drug-likeness (QED) is 0.492. The number of carbonyl (C=O) groups is 1. The Bertz CT molecular complexity index is 928. The molecule has 0 saturated heterocycles. The lowest BCUT2D eigenvalue weighted by molar-refractivity contribution is 0.0518. The van der Waals surface area contributed by atoms with E-state index in [1.54, 1.807) is 21.3 Å². The van der Waals surface area contributed by atoms with Crippen molar-refractivity contribution in [3.05, 3.63) is 53.1 Å². The van der Waals surface area contributed by atoms with Crippen molar-refractivity contribution >= 4 is 5.91 Å². The minimum absolute atomic E-state index is 0.212. The first-order chi connectivity index (χ1) is 16.1. The van der Waals surface area contributed by atoms with Crippen LogP contribution in [0.25, 0.3) is 0 Å². The number of nitrogens with zero attached hydrogens (tertiary/aromatic N) is 1. The summed E-state index contributed by atoms with van der Waals surface area (Å²) in [5.41, 5.74) is 2.95. The molecule has 5 nitrogen and oxygen atoms in total. The number of amides is 1. The van der Waals surface area contributed by atoms with Gasteiger partial charge in [0.1, 0.15) is 5.75 Å². The van der Waals surface area contributed by atoms with Gasteiger partial charge in [0.25, 0.3) is 5.91 Å². The van der Waals surface area contributed by atoms with Crippen LogP contribution in [-0.4, -0.2) is 44.2 Å². The number of ether oxygens (including phenoxy) is 3. The van der Waals surface area contributed by atoms with Gasteiger partial charge in [0.2, 0.25) is 0 Å². The fourth-order valence-electron chi connectivity index (χ4n) is 5.54. The van der Waals surface area contributed by atoms with Gasteiger partial charge in [0.15, 0.2) is 11.5 Å². The maximum Gasteiger partial charge on any atom is 0.254 e. The van der Waals surface area contributed by atoms with E-state index in [-0.39, 0.29) is 5.91 Å². The van der Waals surface area contributed by atoms with Gasteiger partial charge in [-0.2, -0.15) is 0 Å². The van der Waals surface area contributed by atoms with Crippen molar-refractivity contribution < 1.29 is 19.0 Å². The van der Waals surface area contributed by atoms with Crippen molar-refractivity contribution in [3.63, 3.8) is 0 Å². The van der Waals surface area contributed by atoms with Gasteiger partial charge in [-0.15, -0.1) is 0 Å². The Morgan fingerprint density at radius 1 is 0.758 bits per heavy atom. The van der Waals surface area contributed by atoms with Crippen LogP contribution >= 0.6 is 0 Å². The van der Waals surface area contributed by atoms with Crippen LogP contribution in [0.2, 0.25) is 0 Å².